The minimum absolute atomic E-state index is 0.164. The molecule has 5 nitrogen and oxygen atoms in total. The van der Waals surface area contributed by atoms with E-state index >= 15 is 0 Å². The van der Waals surface area contributed by atoms with E-state index in [1.54, 1.807) is 10.9 Å². The van der Waals surface area contributed by atoms with E-state index in [2.05, 4.69) is 5.10 Å². The third kappa shape index (κ3) is 3.03. The zero-order valence-corrected chi connectivity index (χ0v) is 12.9. The molecule has 0 aliphatic carbocycles. The number of carbonyl (C=O) groups excluding carboxylic acids is 1. The van der Waals surface area contributed by atoms with Crippen molar-refractivity contribution in [3.05, 3.63) is 18.0 Å². The maximum atomic E-state index is 12.3. The number of hydrogen-bond acceptors (Lipinski definition) is 3. The molecule has 1 saturated heterocycles. The van der Waals surface area contributed by atoms with Crippen molar-refractivity contribution < 1.29 is 9.90 Å². The van der Waals surface area contributed by atoms with Crippen molar-refractivity contribution in [2.45, 2.75) is 45.6 Å². The first kappa shape index (κ1) is 15.0. The van der Waals surface area contributed by atoms with Crippen molar-refractivity contribution in [3.63, 3.8) is 0 Å². The van der Waals surface area contributed by atoms with Crippen LogP contribution >= 0.6 is 0 Å². The molecule has 0 bridgehead atoms. The molecule has 2 heterocycles. The summed E-state index contributed by atoms with van der Waals surface area (Å²) < 4.78 is 1.75. The molecule has 1 fully saturated rings. The van der Waals surface area contributed by atoms with Crippen molar-refractivity contribution in [1.82, 2.24) is 14.7 Å². The fraction of sp³-hybridized carbons (Fsp3) is 0.733. The first-order valence-electron chi connectivity index (χ1n) is 7.19. The predicted molar refractivity (Wildman–Crippen MR) is 77.1 cm³/mol. The van der Waals surface area contributed by atoms with Crippen LogP contribution in [0.4, 0.5) is 0 Å². The van der Waals surface area contributed by atoms with E-state index in [1.807, 2.05) is 38.9 Å². The predicted octanol–water partition coefficient (Wildman–Crippen LogP) is 1.36. The molecule has 2 rings (SSSR count). The molecule has 1 atom stereocenters. The molecular formula is C15H25N3O2. The second-order valence-corrected chi connectivity index (χ2v) is 6.75. The monoisotopic (exact) mass is 279 g/mol. The minimum Gasteiger partial charge on any atom is -0.389 e. The molecule has 0 saturated carbocycles. The van der Waals surface area contributed by atoms with Gasteiger partial charge in [-0.05, 0) is 25.3 Å². The minimum atomic E-state index is -0.701. The Hall–Kier alpha value is -1.36. The summed E-state index contributed by atoms with van der Waals surface area (Å²) in [5.74, 6) is 0.164. The van der Waals surface area contributed by atoms with Crippen LogP contribution in [0, 0.1) is 5.41 Å². The van der Waals surface area contributed by atoms with Gasteiger partial charge in [0.25, 0.3) is 0 Å². The lowest BCUT2D eigenvalue weighted by atomic mass is 9.71. The van der Waals surface area contributed by atoms with Crippen LogP contribution in [-0.2, 0) is 18.3 Å². The summed E-state index contributed by atoms with van der Waals surface area (Å²) in [4.78, 5) is 14.2. The Morgan fingerprint density at radius 3 is 2.70 bits per heavy atom. The largest absolute Gasteiger partial charge is 0.389 e. The van der Waals surface area contributed by atoms with Crippen molar-refractivity contribution in [1.29, 1.82) is 0 Å². The fourth-order valence-corrected chi connectivity index (χ4v) is 2.64. The van der Waals surface area contributed by atoms with Crippen LogP contribution in [0.15, 0.2) is 12.4 Å². The highest BCUT2D eigenvalue weighted by molar-refractivity contribution is 5.76. The van der Waals surface area contributed by atoms with Crippen molar-refractivity contribution in [2.24, 2.45) is 12.5 Å². The Bertz CT molecular complexity index is 491. The van der Waals surface area contributed by atoms with Crippen LogP contribution in [0.25, 0.3) is 0 Å². The standard InChI is InChI=1S/C15H25N3O2/c1-14(2)11-18(8-7-15(14,3)20)13(19)6-5-12-9-16-17(4)10-12/h9-10,20H,5-8,11H2,1-4H3/t15-/m0/s1. The number of carbonyl (C=O) groups is 1. The number of hydrogen-bond donors (Lipinski definition) is 1. The van der Waals surface area contributed by atoms with Crippen LogP contribution < -0.4 is 0 Å². The molecule has 1 amide bonds. The van der Waals surface area contributed by atoms with Crippen LogP contribution in [0.2, 0.25) is 0 Å². The first-order chi connectivity index (χ1) is 9.21. The van der Waals surface area contributed by atoms with Gasteiger partial charge in [-0.15, -0.1) is 0 Å². The second-order valence-electron chi connectivity index (χ2n) is 6.75. The summed E-state index contributed by atoms with van der Waals surface area (Å²) >= 11 is 0. The topological polar surface area (TPSA) is 58.4 Å². The van der Waals surface area contributed by atoms with Crippen molar-refractivity contribution in [2.75, 3.05) is 13.1 Å². The van der Waals surface area contributed by atoms with E-state index in [4.69, 9.17) is 0 Å². The van der Waals surface area contributed by atoms with E-state index < -0.39 is 5.60 Å². The molecule has 1 aromatic rings. The highest BCUT2D eigenvalue weighted by atomic mass is 16.3. The van der Waals surface area contributed by atoms with E-state index in [0.717, 1.165) is 12.0 Å². The summed E-state index contributed by atoms with van der Waals surface area (Å²) in [7, 11) is 1.88. The molecule has 0 radical (unpaired) electrons. The molecule has 1 aliphatic heterocycles. The van der Waals surface area contributed by atoms with E-state index in [1.165, 1.54) is 0 Å². The number of nitrogens with zero attached hydrogens (tertiary/aromatic N) is 3. The number of piperidine rings is 1. The summed E-state index contributed by atoms with van der Waals surface area (Å²) in [5.41, 5.74) is 0.117. The lowest BCUT2D eigenvalue weighted by molar-refractivity contribution is -0.147. The zero-order valence-electron chi connectivity index (χ0n) is 12.9. The third-order valence-electron chi connectivity index (χ3n) is 4.65. The Morgan fingerprint density at radius 2 is 2.15 bits per heavy atom. The van der Waals surface area contributed by atoms with E-state index in [9.17, 15) is 9.90 Å². The molecule has 1 aromatic heterocycles. The van der Waals surface area contributed by atoms with Crippen LogP contribution in [0.5, 0.6) is 0 Å². The van der Waals surface area contributed by atoms with Crippen molar-refractivity contribution in [3.8, 4) is 0 Å². The highest BCUT2D eigenvalue weighted by Crippen LogP contribution is 2.38. The van der Waals surface area contributed by atoms with Gasteiger partial charge in [-0.25, -0.2) is 0 Å². The number of rotatable bonds is 3. The lowest BCUT2D eigenvalue weighted by Crippen LogP contribution is -2.57. The average Bonchev–Trinajstić information content (AvgIpc) is 2.76. The maximum absolute atomic E-state index is 12.3. The zero-order chi connectivity index (χ0) is 15.0. The van der Waals surface area contributed by atoms with Crippen LogP contribution in [-0.4, -0.2) is 44.4 Å². The lowest BCUT2D eigenvalue weighted by Gasteiger charge is -2.48. The Labute approximate surface area is 120 Å². The number of aromatic nitrogens is 2. The number of aliphatic hydroxyl groups is 1. The Balaban J connectivity index is 1.91. The van der Waals surface area contributed by atoms with Gasteiger partial charge in [0, 0.05) is 38.2 Å². The SMILES string of the molecule is Cn1cc(CCC(=O)N2CC[C@](C)(O)C(C)(C)C2)cn1. The average molecular weight is 279 g/mol. The summed E-state index contributed by atoms with van der Waals surface area (Å²) in [5, 5.41) is 14.5. The molecule has 20 heavy (non-hydrogen) atoms. The van der Waals surface area contributed by atoms with Gasteiger partial charge in [0.15, 0.2) is 0 Å². The smallest absolute Gasteiger partial charge is 0.222 e. The number of amides is 1. The molecule has 0 unspecified atom stereocenters. The molecule has 5 heteroatoms. The molecule has 0 spiro atoms. The summed E-state index contributed by atoms with van der Waals surface area (Å²) in [6, 6.07) is 0. The van der Waals surface area contributed by atoms with E-state index in [0.29, 0.717) is 25.9 Å². The van der Waals surface area contributed by atoms with Gasteiger partial charge < -0.3 is 10.0 Å². The maximum Gasteiger partial charge on any atom is 0.222 e. The Kier molecular flexibility index (Phi) is 3.91. The molecule has 112 valence electrons. The van der Waals surface area contributed by atoms with Gasteiger partial charge in [-0.3, -0.25) is 9.48 Å². The molecule has 1 aliphatic rings. The van der Waals surface area contributed by atoms with Gasteiger partial charge in [-0.1, -0.05) is 13.8 Å². The van der Waals surface area contributed by atoms with Gasteiger partial charge in [0.2, 0.25) is 5.91 Å². The second kappa shape index (κ2) is 5.20. The number of aryl methyl sites for hydroxylation is 2. The normalized spacial score (nSPS) is 25.8. The quantitative estimate of drug-likeness (QED) is 0.909. The highest BCUT2D eigenvalue weighted by Gasteiger charge is 2.44. The van der Waals surface area contributed by atoms with Crippen LogP contribution in [0.1, 0.15) is 39.2 Å². The van der Waals surface area contributed by atoms with Crippen LogP contribution in [0.3, 0.4) is 0 Å². The van der Waals surface area contributed by atoms with Gasteiger partial charge in [0.1, 0.15) is 0 Å². The van der Waals surface area contributed by atoms with Gasteiger partial charge in [0.05, 0.1) is 11.8 Å². The van der Waals surface area contributed by atoms with Gasteiger partial charge in [-0.2, -0.15) is 5.10 Å². The first-order valence-corrected chi connectivity index (χ1v) is 7.19. The fourth-order valence-electron chi connectivity index (χ4n) is 2.64. The Morgan fingerprint density at radius 1 is 1.45 bits per heavy atom. The molecule has 0 aromatic carbocycles. The summed E-state index contributed by atoms with van der Waals surface area (Å²) in [6.07, 6.45) is 5.61. The number of likely N-dealkylation sites (tertiary alicyclic amines) is 1. The third-order valence-corrected chi connectivity index (χ3v) is 4.65. The molecule has 1 N–H and O–H groups in total. The molecular weight excluding hydrogens is 254 g/mol. The van der Waals surface area contributed by atoms with E-state index in [-0.39, 0.29) is 11.3 Å². The summed E-state index contributed by atoms with van der Waals surface area (Å²) in [6.45, 7) is 7.17. The van der Waals surface area contributed by atoms with Crippen molar-refractivity contribution >= 4 is 5.91 Å². The van der Waals surface area contributed by atoms with Gasteiger partial charge >= 0.3 is 0 Å².